The molecule has 0 atom stereocenters. The largest absolute Gasteiger partial charge is 0.507 e. The van der Waals surface area contributed by atoms with E-state index in [1.165, 1.54) is 11.3 Å². The fourth-order valence-electron chi connectivity index (χ4n) is 1.59. The average Bonchev–Trinajstić information content (AvgIpc) is 2.82. The van der Waals surface area contributed by atoms with Crippen LogP contribution in [-0.2, 0) is 16.6 Å². The average molecular weight is 328 g/mol. The van der Waals surface area contributed by atoms with Crippen LogP contribution in [-0.4, -0.2) is 29.6 Å². The highest BCUT2D eigenvalue weighted by atomic mass is 32.2. The molecule has 7 nitrogen and oxygen atoms in total. The monoisotopic (exact) mass is 328 g/mol. The van der Waals surface area contributed by atoms with E-state index in [-0.39, 0.29) is 11.4 Å². The van der Waals surface area contributed by atoms with E-state index >= 15 is 0 Å². The summed E-state index contributed by atoms with van der Waals surface area (Å²) in [6.45, 7) is 1.84. The van der Waals surface area contributed by atoms with Crippen molar-refractivity contribution in [2.24, 2.45) is 0 Å². The molecule has 0 saturated heterocycles. The fraction of sp³-hybridized carbons (Fsp3) is 0.167. The topological polar surface area (TPSA) is 117 Å². The van der Waals surface area contributed by atoms with Gasteiger partial charge in [0.15, 0.2) is 0 Å². The Bertz CT molecular complexity index is 783. The first kappa shape index (κ1) is 15.4. The Labute approximate surface area is 125 Å². The van der Waals surface area contributed by atoms with Crippen molar-refractivity contribution in [3.8, 4) is 5.75 Å². The van der Waals surface area contributed by atoms with Crippen molar-refractivity contribution in [1.29, 1.82) is 0 Å². The lowest BCUT2D eigenvalue weighted by molar-refractivity contribution is 0.0693. The van der Waals surface area contributed by atoms with E-state index in [0.717, 1.165) is 28.8 Å². The third-order valence-corrected chi connectivity index (χ3v) is 5.11. The Balaban J connectivity index is 2.26. The maximum Gasteiger partial charge on any atom is 0.339 e. The highest BCUT2D eigenvalue weighted by Gasteiger charge is 2.19. The van der Waals surface area contributed by atoms with Crippen molar-refractivity contribution in [2.45, 2.75) is 18.4 Å². The maximum absolute atomic E-state index is 12.1. The molecule has 0 aliphatic heterocycles. The molecule has 0 aliphatic carbocycles. The van der Waals surface area contributed by atoms with E-state index in [2.05, 4.69) is 9.71 Å². The van der Waals surface area contributed by atoms with Crippen molar-refractivity contribution >= 4 is 27.3 Å². The summed E-state index contributed by atoms with van der Waals surface area (Å²) >= 11 is 1.32. The van der Waals surface area contributed by atoms with E-state index in [9.17, 15) is 18.3 Å². The number of benzene rings is 1. The molecular weight excluding hydrogens is 316 g/mol. The number of nitrogens with one attached hydrogen (secondary N) is 1. The van der Waals surface area contributed by atoms with Gasteiger partial charge in [-0.3, -0.25) is 0 Å². The molecule has 0 bridgehead atoms. The number of carbonyl (C=O) groups is 1. The van der Waals surface area contributed by atoms with E-state index in [0.29, 0.717) is 0 Å². The Hall–Kier alpha value is -1.97. The van der Waals surface area contributed by atoms with Crippen molar-refractivity contribution < 1.29 is 23.4 Å². The van der Waals surface area contributed by atoms with E-state index in [1.54, 1.807) is 12.4 Å². The van der Waals surface area contributed by atoms with Crippen LogP contribution in [0.3, 0.4) is 0 Å². The number of nitrogens with zero attached hydrogens (tertiary/aromatic N) is 1. The summed E-state index contributed by atoms with van der Waals surface area (Å²) in [5, 5.41) is 18.3. The number of phenols is 1. The lowest BCUT2D eigenvalue weighted by atomic mass is 10.2. The molecule has 0 fully saturated rings. The summed E-state index contributed by atoms with van der Waals surface area (Å²) in [6.07, 6.45) is 0. The van der Waals surface area contributed by atoms with Crippen LogP contribution < -0.4 is 4.72 Å². The molecule has 1 heterocycles. The molecule has 112 valence electrons. The Kier molecular flexibility index (Phi) is 4.26. The minimum Gasteiger partial charge on any atom is -0.507 e. The van der Waals surface area contributed by atoms with Gasteiger partial charge in [0.2, 0.25) is 10.0 Å². The number of hydrogen-bond donors (Lipinski definition) is 3. The molecule has 0 saturated carbocycles. The molecule has 0 aliphatic rings. The van der Waals surface area contributed by atoms with Gasteiger partial charge in [-0.1, -0.05) is 0 Å². The van der Waals surface area contributed by atoms with Crippen LogP contribution in [0.5, 0.6) is 5.75 Å². The zero-order valence-electron chi connectivity index (χ0n) is 10.9. The number of aromatic carboxylic acids is 1. The van der Waals surface area contributed by atoms with Crippen LogP contribution in [0, 0.1) is 6.92 Å². The van der Waals surface area contributed by atoms with Gasteiger partial charge in [-0.05, 0) is 25.1 Å². The van der Waals surface area contributed by atoms with Crippen LogP contribution in [0.4, 0.5) is 0 Å². The highest BCUT2D eigenvalue weighted by molar-refractivity contribution is 7.89. The number of carboxylic acids is 1. The smallest absolute Gasteiger partial charge is 0.339 e. The molecule has 0 unspecified atom stereocenters. The highest BCUT2D eigenvalue weighted by Crippen LogP contribution is 2.21. The lowest BCUT2D eigenvalue weighted by Crippen LogP contribution is -2.23. The molecule has 0 amide bonds. The van der Waals surface area contributed by atoms with Crippen LogP contribution in [0.25, 0.3) is 0 Å². The fourth-order valence-corrected chi connectivity index (χ4v) is 3.42. The van der Waals surface area contributed by atoms with Crippen molar-refractivity contribution in [1.82, 2.24) is 9.71 Å². The Morgan fingerprint density at radius 3 is 2.71 bits per heavy atom. The van der Waals surface area contributed by atoms with Gasteiger partial charge in [0.05, 0.1) is 16.1 Å². The van der Waals surface area contributed by atoms with Crippen molar-refractivity contribution in [3.05, 3.63) is 39.8 Å². The quantitative estimate of drug-likeness (QED) is 0.762. The molecule has 9 heteroatoms. The Morgan fingerprint density at radius 2 is 2.14 bits per heavy atom. The Morgan fingerprint density at radius 1 is 1.43 bits per heavy atom. The van der Waals surface area contributed by atoms with Crippen LogP contribution in [0.2, 0.25) is 0 Å². The second kappa shape index (κ2) is 5.80. The first-order valence-corrected chi connectivity index (χ1v) is 8.12. The van der Waals surface area contributed by atoms with Gasteiger partial charge in [-0.25, -0.2) is 22.9 Å². The van der Waals surface area contributed by atoms with Gasteiger partial charge in [0.1, 0.15) is 11.3 Å². The minimum absolute atomic E-state index is 0.0715. The predicted molar refractivity (Wildman–Crippen MR) is 75.9 cm³/mol. The van der Waals surface area contributed by atoms with Crippen LogP contribution in [0.1, 0.15) is 20.9 Å². The van der Waals surface area contributed by atoms with Crippen molar-refractivity contribution in [3.63, 3.8) is 0 Å². The summed E-state index contributed by atoms with van der Waals surface area (Å²) in [7, 11) is -3.87. The number of sulfonamides is 1. The summed E-state index contributed by atoms with van der Waals surface area (Å²) < 4.78 is 26.6. The number of aromatic hydroxyl groups is 1. The van der Waals surface area contributed by atoms with Gasteiger partial charge < -0.3 is 10.2 Å². The zero-order valence-corrected chi connectivity index (χ0v) is 12.5. The first-order chi connectivity index (χ1) is 9.81. The number of aryl methyl sites for hydroxylation is 1. The molecule has 2 rings (SSSR count). The van der Waals surface area contributed by atoms with Gasteiger partial charge in [0.25, 0.3) is 0 Å². The van der Waals surface area contributed by atoms with Crippen LogP contribution in [0.15, 0.2) is 28.6 Å². The van der Waals surface area contributed by atoms with E-state index in [4.69, 9.17) is 5.11 Å². The third kappa shape index (κ3) is 3.38. The van der Waals surface area contributed by atoms with Crippen molar-refractivity contribution in [2.75, 3.05) is 0 Å². The number of hydrogen-bond acceptors (Lipinski definition) is 6. The second-order valence-corrected chi connectivity index (χ2v) is 6.88. The molecule has 0 radical (unpaired) electrons. The summed E-state index contributed by atoms with van der Waals surface area (Å²) in [5.41, 5.74) is 1.88. The summed E-state index contributed by atoms with van der Waals surface area (Å²) in [5.74, 6) is -1.89. The summed E-state index contributed by atoms with van der Waals surface area (Å²) in [6, 6.07) is 3.10. The van der Waals surface area contributed by atoms with E-state index in [1.807, 2.05) is 0 Å². The number of rotatable bonds is 5. The first-order valence-electron chi connectivity index (χ1n) is 5.76. The predicted octanol–water partition coefficient (Wildman–Crippen LogP) is 1.33. The molecule has 1 aromatic carbocycles. The lowest BCUT2D eigenvalue weighted by Gasteiger charge is -2.07. The molecule has 0 spiro atoms. The van der Waals surface area contributed by atoms with Gasteiger partial charge in [-0.15, -0.1) is 11.3 Å². The normalized spacial score (nSPS) is 11.5. The number of thiazole rings is 1. The SMILES string of the molecule is Cc1ncsc1CNS(=O)(=O)c1ccc(O)c(C(=O)O)c1. The number of carboxylic acid groups (broad SMARTS) is 1. The number of aromatic nitrogens is 1. The second-order valence-electron chi connectivity index (χ2n) is 4.17. The molecule has 21 heavy (non-hydrogen) atoms. The van der Waals surface area contributed by atoms with E-state index < -0.39 is 27.3 Å². The zero-order chi connectivity index (χ0) is 15.6. The third-order valence-electron chi connectivity index (χ3n) is 2.78. The van der Waals surface area contributed by atoms with Gasteiger partial charge in [-0.2, -0.15) is 0 Å². The van der Waals surface area contributed by atoms with Gasteiger partial charge in [0, 0.05) is 11.4 Å². The molecule has 1 aromatic heterocycles. The minimum atomic E-state index is -3.87. The molecule has 2 aromatic rings. The molecular formula is C12H12N2O5S2. The maximum atomic E-state index is 12.1. The standard InChI is InChI=1S/C12H12N2O5S2/c1-7-11(20-6-13-7)5-14-21(18,19)8-2-3-10(15)9(4-8)12(16)17/h2-4,6,14-15H,5H2,1H3,(H,16,17). The molecule has 3 N–H and O–H groups in total. The van der Waals surface area contributed by atoms with Crippen LogP contribution >= 0.6 is 11.3 Å². The van der Waals surface area contributed by atoms with Gasteiger partial charge >= 0.3 is 5.97 Å². The summed E-state index contributed by atoms with van der Waals surface area (Å²) in [4.78, 5) is 15.5.